The minimum atomic E-state index is -0.935. The molecule has 19 heavy (non-hydrogen) atoms. The van der Waals surface area contributed by atoms with Crippen molar-refractivity contribution >= 4 is 22.4 Å². The van der Waals surface area contributed by atoms with E-state index in [9.17, 15) is 4.21 Å². The van der Waals surface area contributed by atoms with E-state index < -0.39 is 10.8 Å². The van der Waals surface area contributed by atoms with E-state index in [1.807, 2.05) is 24.3 Å². The van der Waals surface area contributed by atoms with E-state index in [1.165, 1.54) is 11.1 Å². The van der Waals surface area contributed by atoms with Crippen molar-refractivity contribution in [2.24, 2.45) is 0 Å². The summed E-state index contributed by atoms with van der Waals surface area (Å²) in [5.41, 5.74) is 4.51. The third-order valence-electron chi connectivity index (χ3n) is 3.10. The zero-order valence-corrected chi connectivity index (χ0v) is 12.7. The normalized spacial score (nSPS) is 12.4. The van der Waals surface area contributed by atoms with Gasteiger partial charge in [-0.05, 0) is 36.6 Å². The summed E-state index contributed by atoms with van der Waals surface area (Å²) in [7, 11) is -0.935. The van der Waals surface area contributed by atoms with Crippen LogP contribution in [-0.2, 0) is 22.3 Å². The van der Waals surface area contributed by atoms with Gasteiger partial charge in [0.05, 0.1) is 5.75 Å². The second-order valence-electron chi connectivity index (χ2n) is 4.75. The van der Waals surface area contributed by atoms with Gasteiger partial charge in [0.15, 0.2) is 0 Å². The first kappa shape index (κ1) is 14.3. The molecule has 100 valence electrons. The highest BCUT2D eigenvalue weighted by molar-refractivity contribution is 7.83. The van der Waals surface area contributed by atoms with Crippen molar-refractivity contribution in [2.75, 3.05) is 0 Å². The Kier molecular flexibility index (Phi) is 4.78. The van der Waals surface area contributed by atoms with Gasteiger partial charge in [-0.3, -0.25) is 4.21 Å². The Morgan fingerprint density at radius 2 is 1.68 bits per heavy atom. The van der Waals surface area contributed by atoms with Crippen LogP contribution in [0.4, 0.5) is 0 Å². The molecular formula is C16H17ClOS. The van der Waals surface area contributed by atoms with E-state index in [2.05, 4.69) is 32.0 Å². The van der Waals surface area contributed by atoms with Crippen LogP contribution < -0.4 is 0 Å². The van der Waals surface area contributed by atoms with Crippen LogP contribution in [0, 0.1) is 13.8 Å². The first-order valence-corrected chi connectivity index (χ1v) is 8.07. The molecule has 0 N–H and O–H groups in total. The second-order valence-corrected chi connectivity index (χ2v) is 6.61. The average Bonchev–Trinajstić information content (AvgIpc) is 2.37. The van der Waals surface area contributed by atoms with Crippen LogP contribution in [0.25, 0.3) is 0 Å². The van der Waals surface area contributed by atoms with Crippen molar-refractivity contribution < 1.29 is 4.21 Å². The topological polar surface area (TPSA) is 17.1 Å². The molecule has 0 aliphatic carbocycles. The van der Waals surface area contributed by atoms with Crippen molar-refractivity contribution in [1.29, 1.82) is 0 Å². The lowest BCUT2D eigenvalue weighted by Crippen LogP contribution is -2.02. The molecule has 1 atom stereocenters. The summed E-state index contributed by atoms with van der Waals surface area (Å²) in [4.78, 5) is 0. The van der Waals surface area contributed by atoms with Crippen LogP contribution in [0.2, 0.25) is 5.02 Å². The SMILES string of the molecule is Cc1ccc(C)c(CS(=O)Cc2ccccc2Cl)c1. The average molecular weight is 293 g/mol. The van der Waals surface area contributed by atoms with E-state index in [4.69, 9.17) is 11.6 Å². The Hall–Kier alpha value is -1.12. The molecule has 0 aliphatic heterocycles. The van der Waals surface area contributed by atoms with Crippen LogP contribution in [0.3, 0.4) is 0 Å². The molecule has 2 aromatic carbocycles. The number of hydrogen-bond acceptors (Lipinski definition) is 1. The molecule has 1 nitrogen and oxygen atoms in total. The quantitative estimate of drug-likeness (QED) is 0.816. The summed E-state index contributed by atoms with van der Waals surface area (Å²) in [6.45, 7) is 4.11. The Labute approximate surface area is 122 Å². The third kappa shape index (κ3) is 3.92. The molecule has 0 saturated heterocycles. The van der Waals surface area contributed by atoms with Gasteiger partial charge in [-0.1, -0.05) is 53.6 Å². The van der Waals surface area contributed by atoms with E-state index in [1.54, 1.807) is 0 Å². The van der Waals surface area contributed by atoms with E-state index >= 15 is 0 Å². The molecule has 0 aromatic heterocycles. The number of benzene rings is 2. The van der Waals surface area contributed by atoms with Gasteiger partial charge < -0.3 is 0 Å². The molecule has 0 fully saturated rings. The minimum absolute atomic E-state index is 0.507. The van der Waals surface area contributed by atoms with Gasteiger partial charge in [-0.25, -0.2) is 0 Å². The molecule has 0 aliphatic rings. The molecule has 0 saturated carbocycles. The van der Waals surface area contributed by atoms with Crippen molar-refractivity contribution in [2.45, 2.75) is 25.4 Å². The van der Waals surface area contributed by atoms with Gasteiger partial charge in [-0.15, -0.1) is 0 Å². The Morgan fingerprint density at radius 3 is 2.42 bits per heavy atom. The van der Waals surface area contributed by atoms with Crippen molar-refractivity contribution in [1.82, 2.24) is 0 Å². The largest absolute Gasteiger partial charge is 0.259 e. The highest BCUT2D eigenvalue weighted by Gasteiger charge is 2.08. The molecule has 2 rings (SSSR count). The summed E-state index contributed by atoms with van der Waals surface area (Å²) in [5.74, 6) is 1.09. The Bertz CT molecular complexity index is 607. The first-order valence-electron chi connectivity index (χ1n) is 6.21. The fraction of sp³-hybridized carbons (Fsp3) is 0.250. The lowest BCUT2D eigenvalue weighted by atomic mass is 10.1. The smallest absolute Gasteiger partial charge is 0.0503 e. The summed E-state index contributed by atoms with van der Waals surface area (Å²) in [6, 6.07) is 13.9. The summed E-state index contributed by atoms with van der Waals surface area (Å²) in [5, 5.41) is 0.691. The molecule has 3 heteroatoms. The summed E-state index contributed by atoms with van der Waals surface area (Å²) in [6.07, 6.45) is 0. The first-order chi connectivity index (χ1) is 9.06. The fourth-order valence-electron chi connectivity index (χ4n) is 1.97. The zero-order chi connectivity index (χ0) is 13.8. The van der Waals surface area contributed by atoms with Crippen LogP contribution in [-0.4, -0.2) is 4.21 Å². The lowest BCUT2D eigenvalue weighted by Gasteiger charge is -2.08. The van der Waals surface area contributed by atoms with Crippen LogP contribution >= 0.6 is 11.6 Å². The van der Waals surface area contributed by atoms with Gasteiger partial charge in [-0.2, -0.15) is 0 Å². The van der Waals surface area contributed by atoms with E-state index in [0.29, 0.717) is 16.5 Å². The van der Waals surface area contributed by atoms with Crippen LogP contribution in [0.15, 0.2) is 42.5 Å². The Balaban J connectivity index is 2.10. The van der Waals surface area contributed by atoms with Gasteiger partial charge >= 0.3 is 0 Å². The van der Waals surface area contributed by atoms with Crippen LogP contribution in [0.5, 0.6) is 0 Å². The maximum Gasteiger partial charge on any atom is 0.0503 e. The predicted molar refractivity (Wildman–Crippen MR) is 82.9 cm³/mol. The number of hydrogen-bond donors (Lipinski definition) is 0. The number of halogens is 1. The molecule has 2 aromatic rings. The minimum Gasteiger partial charge on any atom is -0.259 e. The summed E-state index contributed by atoms with van der Waals surface area (Å²) >= 11 is 6.09. The molecule has 0 amide bonds. The number of aryl methyl sites for hydroxylation is 2. The third-order valence-corrected chi connectivity index (χ3v) is 4.73. The molecule has 0 bridgehead atoms. The van der Waals surface area contributed by atoms with E-state index in [-0.39, 0.29) is 0 Å². The predicted octanol–water partition coefficient (Wildman–Crippen LogP) is 4.41. The highest BCUT2D eigenvalue weighted by atomic mass is 35.5. The van der Waals surface area contributed by atoms with Crippen molar-refractivity contribution in [3.63, 3.8) is 0 Å². The lowest BCUT2D eigenvalue weighted by molar-refractivity contribution is 0.682. The number of rotatable bonds is 4. The molecule has 1 unspecified atom stereocenters. The summed E-state index contributed by atoms with van der Waals surface area (Å²) < 4.78 is 12.3. The molecular weight excluding hydrogens is 276 g/mol. The van der Waals surface area contributed by atoms with Crippen molar-refractivity contribution in [3.05, 3.63) is 69.7 Å². The Morgan fingerprint density at radius 1 is 1.00 bits per heavy atom. The van der Waals surface area contributed by atoms with Crippen molar-refractivity contribution in [3.8, 4) is 0 Å². The zero-order valence-electron chi connectivity index (χ0n) is 11.2. The molecule has 0 heterocycles. The van der Waals surface area contributed by atoms with E-state index in [0.717, 1.165) is 11.1 Å². The fourth-order valence-corrected chi connectivity index (χ4v) is 3.61. The molecule has 0 radical (unpaired) electrons. The highest BCUT2D eigenvalue weighted by Crippen LogP contribution is 2.19. The monoisotopic (exact) mass is 292 g/mol. The standard InChI is InChI=1S/C16H17ClOS/c1-12-7-8-13(2)15(9-12)11-19(18)10-14-5-3-4-6-16(14)17/h3-9H,10-11H2,1-2H3. The van der Waals surface area contributed by atoms with Gasteiger partial charge in [0, 0.05) is 21.6 Å². The molecule has 0 spiro atoms. The van der Waals surface area contributed by atoms with Gasteiger partial charge in [0.2, 0.25) is 0 Å². The maximum absolute atomic E-state index is 12.3. The van der Waals surface area contributed by atoms with Gasteiger partial charge in [0.1, 0.15) is 0 Å². The van der Waals surface area contributed by atoms with Gasteiger partial charge in [0.25, 0.3) is 0 Å². The van der Waals surface area contributed by atoms with Crippen LogP contribution in [0.1, 0.15) is 22.3 Å². The second kappa shape index (κ2) is 6.36. The maximum atomic E-state index is 12.3.